The van der Waals surface area contributed by atoms with Crippen LogP contribution in [0.1, 0.15) is 51.7 Å². The van der Waals surface area contributed by atoms with Gasteiger partial charge in [0.1, 0.15) is 12.4 Å². The van der Waals surface area contributed by atoms with E-state index in [1.54, 1.807) is 0 Å². The Bertz CT molecular complexity index is 443. The van der Waals surface area contributed by atoms with Crippen LogP contribution in [-0.4, -0.2) is 19.2 Å². The highest BCUT2D eigenvalue weighted by molar-refractivity contribution is 5.41. The van der Waals surface area contributed by atoms with Gasteiger partial charge in [0, 0.05) is 6.04 Å². The van der Waals surface area contributed by atoms with Gasteiger partial charge in [-0.2, -0.15) is 0 Å². The van der Waals surface area contributed by atoms with Gasteiger partial charge in [-0.1, -0.05) is 39.8 Å². The summed E-state index contributed by atoms with van der Waals surface area (Å²) < 4.78 is 6.20. The molecule has 1 aliphatic carbocycles. The number of ether oxygens (including phenoxy) is 1. The zero-order chi connectivity index (χ0) is 14.8. The lowest BCUT2D eigenvalue weighted by Crippen LogP contribution is -2.36. The van der Waals surface area contributed by atoms with Gasteiger partial charge in [-0.3, -0.25) is 0 Å². The Morgan fingerprint density at radius 2 is 2.00 bits per heavy atom. The molecule has 0 spiro atoms. The lowest BCUT2D eigenvalue weighted by Gasteiger charge is -2.25. The lowest BCUT2D eigenvalue weighted by molar-refractivity contribution is 0.246. The van der Waals surface area contributed by atoms with Crippen molar-refractivity contribution in [3.63, 3.8) is 0 Å². The van der Waals surface area contributed by atoms with Crippen LogP contribution in [0.15, 0.2) is 18.2 Å². The first-order valence-corrected chi connectivity index (χ1v) is 7.89. The van der Waals surface area contributed by atoms with Crippen molar-refractivity contribution in [1.82, 2.24) is 5.32 Å². The predicted molar refractivity (Wildman–Crippen MR) is 85.6 cm³/mol. The maximum Gasteiger partial charge on any atom is 0.123 e. The number of hydrogen-bond donors (Lipinski definition) is 1. The number of likely N-dealkylation sites (N-methyl/N-ethyl adjacent to an activating group) is 1. The van der Waals surface area contributed by atoms with Crippen LogP contribution in [0.25, 0.3) is 0 Å². The van der Waals surface area contributed by atoms with Gasteiger partial charge in [0.15, 0.2) is 0 Å². The summed E-state index contributed by atoms with van der Waals surface area (Å²) in [7, 11) is 0. The molecule has 20 heavy (non-hydrogen) atoms. The van der Waals surface area contributed by atoms with E-state index < -0.39 is 0 Å². The minimum Gasteiger partial charge on any atom is -0.492 e. The highest BCUT2D eigenvalue weighted by atomic mass is 16.5. The van der Waals surface area contributed by atoms with Crippen molar-refractivity contribution in [2.24, 2.45) is 5.92 Å². The minimum absolute atomic E-state index is 0.121. The molecule has 1 aromatic rings. The average molecular weight is 275 g/mol. The van der Waals surface area contributed by atoms with E-state index >= 15 is 0 Å². The van der Waals surface area contributed by atoms with Gasteiger partial charge in [-0.05, 0) is 54.8 Å². The maximum atomic E-state index is 6.20. The molecular weight excluding hydrogens is 246 g/mol. The molecule has 1 unspecified atom stereocenters. The first-order chi connectivity index (χ1) is 9.41. The fourth-order valence-corrected chi connectivity index (χ4v) is 2.67. The SMILES string of the molecule is CCNC(COc1cc(C)ccc1C(C)(C)C)C1CC1. The topological polar surface area (TPSA) is 21.3 Å². The Morgan fingerprint density at radius 3 is 2.55 bits per heavy atom. The molecule has 0 aliphatic heterocycles. The second-order valence-corrected chi connectivity index (χ2v) is 7.06. The highest BCUT2D eigenvalue weighted by Gasteiger charge is 2.31. The Kier molecular flexibility index (Phi) is 4.74. The molecule has 0 radical (unpaired) electrons. The number of nitrogens with one attached hydrogen (secondary N) is 1. The van der Waals surface area contributed by atoms with Gasteiger partial charge in [-0.15, -0.1) is 0 Å². The summed E-state index contributed by atoms with van der Waals surface area (Å²) in [6.07, 6.45) is 2.70. The van der Waals surface area contributed by atoms with Crippen molar-refractivity contribution in [3.8, 4) is 5.75 Å². The third kappa shape index (κ3) is 3.99. The first kappa shape index (κ1) is 15.4. The molecule has 1 aromatic carbocycles. The van der Waals surface area contributed by atoms with Crippen LogP contribution in [0.5, 0.6) is 5.75 Å². The minimum atomic E-state index is 0.121. The smallest absolute Gasteiger partial charge is 0.123 e. The van der Waals surface area contributed by atoms with E-state index in [2.05, 4.69) is 58.1 Å². The third-order valence-electron chi connectivity index (χ3n) is 4.02. The summed E-state index contributed by atoms with van der Waals surface area (Å²) in [4.78, 5) is 0. The van der Waals surface area contributed by atoms with E-state index in [1.807, 2.05) is 0 Å². The van der Waals surface area contributed by atoms with Crippen LogP contribution in [0.2, 0.25) is 0 Å². The summed E-state index contributed by atoms with van der Waals surface area (Å²) in [6, 6.07) is 7.07. The molecule has 1 atom stereocenters. The van der Waals surface area contributed by atoms with E-state index in [-0.39, 0.29) is 5.41 Å². The van der Waals surface area contributed by atoms with E-state index in [0.29, 0.717) is 6.04 Å². The normalized spacial score (nSPS) is 17.1. The molecule has 1 saturated carbocycles. The summed E-state index contributed by atoms with van der Waals surface area (Å²) in [6.45, 7) is 12.8. The Morgan fingerprint density at radius 1 is 1.30 bits per heavy atom. The van der Waals surface area contributed by atoms with Gasteiger partial charge in [-0.25, -0.2) is 0 Å². The Labute approximate surface area is 123 Å². The van der Waals surface area contributed by atoms with Gasteiger partial charge >= 0.3 is 0 Å². The molecule has 0 saturated heterocycles. The monoisotopic (exact) mass is 275 g/mol. The van der Waals surface area contributed by atoms with Gasteiger partial charge < -0.3 is 10.1 Å². The maximum absolute atomic E-state index is 6.20. The molecule has 1 fully saturated rings. The van der Waals surface area contributed by atoms with E-state index in [9.17, 15) is 0 Å². The standard InChI is InChI=1S/C18H29NO/c1-6-19-16(14-8-9-14)12-20-17-11-13(2)7-10-15(17)18(3,4)5/h7,10-11,14,16,19H,6,8-9,12H2,1-5H3. The van der Waals surface area contributed by atoms with Crippen molar-refractivity contribution >= 4 is 0 Å². The molecule has 0 amide bonds. The van der Waals surface area contributed by atoms with Crippen LogP contribution in [-0.2, 0) is 5.41 Å². The molecule has 0 bridgehead atoms. The number of rotatable bonds is 6. The van der Waals surface area contributed by atoms with Crippen LogP contribution >= 0.6 is 0 Å². The predicted octanol–water partition coefficient (Wildman–Crippen LogP) is 4.06. The molecule has 2 heteroatoms. The van der Waals surface area contributed by atoms with Crippen molar-refractivity contribution in [2.75, 3.05) is 13.2 Å². The number of aryl methyl sites for hydroxylation is 1. The molecule has 2 nitrogen and oxygen atoms in total. The second kappa shape index (κ2) is 6.17. The Hall–Kier alpha value is -1.02. The molecule has 1 aliphatic rings. The van der Waals surface area contributed by atoms with Crippen LogP contribution in [0.3, 0.4) is 0 Å². The average Bonchev–Trinajstić information content (AvgIpc) is 3.17. The quantitative estimate of drug-likeness (QED) is 0.845. The van der Waals surface area contributed by atoms with Crippen molar-refractivity contribution < 1.29 is 4.74 Å². The summed E-state index contributed by atoms with van der Waals surface area (Å²) >= 11 is 0. The zero-order valence-corrected chi connectivity index (χ0v) is 13.6. The largest absolute Gasteiger partial charge is 0.492 e. The van der Waals surface area contributed by atoms with E-state index in [0.717, 1.165) is 24.8 Å². The molecule has 112 valence electrons. The van der Waals surface area contributed by atoms with Gasteiger partial charge in [0.05, 0.1) is 0 Å². The highest BCUT2D eigenvalue weighted by Crippen LogP contribution is 2.35. The zero-order valence-electron chi connectivity index (χ0n) is 13.6. The van der Waals surface area contributed by atoms with Gasteiger partial charge in [0.2, 0.25) is 0 Å². The fraction of sp³-hybridized carbons (Fsp3) is 0.667. The summed E-state index contributed by atoms with van der Waals surface area (Å²) in [5, 5.41) is 3.56. The van der Waals surface area contributed by atoms with Crippen LogP contribution in [0, 0.1) is 12.8 Å². The molecule has 1 N–H and O–H groups in total. The summed E-state index contributed by atoms with van der Waals surface area (Å²) in [5.41, 5.74) is 2.68. The van der Waals surface area contributed by atoms with E-state index in [1.165, 1.54) is 24.0 Å². The molecule has 0 aromatic heterocycles. The van der Waals surface area contributed by atoms with Crippen LogP contribution in [0.4, 0.5) is 0 Å². The molecular formula is C18H29NO. The van der Waals surface area contributed by atoms with Crippen molar-refractivity contribution in [2.45, 2.75) is 58.9 Å². The molecule has 2 rings (SSSR count). The first-order valence-electron chi connectivity index (χ1n) is 7.89. The number of hydrogen-bond acceptors (Lipinski definition) is 2. The van der Waals surface area contributed by atoms with Crippen molar-refractivity contribution in [1.29, 1.82) is 0 Å². The fourth-order valence-electron chi connectivity index (χ4n) is 2.67. The van der Waals surface area contributed by atoms with Gasteiger partial charge in [0.25, 0.3) is 0 Å². The Balaban J connectivity index is 2.09. The third-order valence-corrected chi connectivity index (χ3v) is 4.02. The van der Waals surface area contributed by atoms with Crippen LogP contribution < -0.4 is 10.1 Å². The molecule has 0 heterocycles. The van der Waals surface area contributed by atoms with Crippen molar-refractivity contribution in [3.05, 3.63) is 29.3 Å². The number of benzene rings is 1. The van der Waals surface area contributed by atoms with E-state index in [4.69, 9.17) is 4.74 Å². The lowest BCUT2D eigenvalue weighted by atomic mass is 9.86. The summed E-state index contributed by atoms with van der Waals surface area (Å²) in [5.74, 6) is 1.87. The second-order valence-electron chi connectivity index (χ2n) is 7.06.